The van der Waals surface area contributed by atoms with Crippen LogP contribution in [0, 0.1) is 0 Å². The van der Waals surface area contributed by atoms with Gasteiger partial charge in [0.1, 0.15) is 11.5 Å². The molecule has 0 radical (unpaired) electrons. The summed E-state index contributed by atoms with van der Waals surface area (Å²) >= 11 is 5.89. The van der Waals surface area contributed by atoms with Crippen LogP contribution in [0.5, 0.6) is 0 Å². The monoisotopic (exact) mass is 503 g/mol. The molecule has 190 valence electrons. The number of allylic oxidation sites excluding steroid dienone is 6. The summed E-state index contributed by atoms with van der Waals surface area (Å²) in [5.41, 5.74) is 7.34. The molecule has 0 saturated heterocycles. The fourth-order valence-electron chi connectivity index (χ4n) is 3.42. The third-order valence-corrected chi connectivity index (χ3v) is 5.64. The van der Waals surface area contributed by atoms with Crippen molar-refractivity contribution in [2.24, 2.45) is 5.73 Å². The van der Waals surface area contributed by atoms with Crippen LogP contribution in [-0.2, 0) is 17.9 Å². The van der Waals surface area contributed by atoms with E-state index in [2.05, 4.69) is 10.4 Å². The topological polar surface area (TPSA) is 93.2 Å². The van der Waals surface area contributed by atoms with Gasteiger partial charge in [-0.15, -0.1) is 0 Å². The Kier molecular flexibility index (Phi) is 13.3. The molecule has 3 aliphatic rings. The van der Waals surface area contributed by atoms with Crippen molar-refractivity contribution >= 4 is 29.5 Å². The highest BCUT2D eigenvalue weighted by Crippen LogP contribution is 2.31. The number of amides is 2. The van der Waals surface area contributed by atoms with Crippen LogP contribution in [0.25, 0.3) is 5.57 Å². The molecule has 1 fully saturated rings. The number of fused-ring (bicyclic) bond motifs is 1. The molecule has 0 atom stereocenters. The van der Waals surface area contributed by atoms with Crippen LogP contribution in [-0.4, -0.2) is 53.6 Å². The Balaban J connectivity index is 0.000000439. The summed E-state index contributed by atoms with van der Waals surface area (Å²) in [7, 11) is 2.03. The number of nitrogens with two attached hydrogens (primary N) is 1. The van der Waals surface area contributed by atoms with Crippen molar-refractivity contribution < 1.29 is 22.8 Å². The van der Waals surface area contributed by atoms with Gasteiger partial charge in [0.2, 0.25) is 13.3 Å². The first-order valence-electron chi connectivity index (χ1n) is 11.2. The van der Waals surface area contributed by atoms with Crippen LogP contribution in [0.1, 0.15) is 61.3 Å². The van der Waals surface area contributed by atoms with E-state index in [1.54, 1.807) is 15.7 Å². The largest absolute Gasteiger partial charge is 0.365 e. The fraction of sp³-hybridized carbons (Fsp3) is 0.522. The average molecular weight is 504 g/mol. The minimum atomic E-state index is -1.75. The quantitative estimate of drug-likeness (QED) is 0.596. The van der Waals surface area contributed by atoms with Gasteiger partial charge in [-0.3, -0.25) is 14.3 Å². The molecular formula is C23H33ClF3N5O2. The van der Waals surface area contributed by atoms with E-state index in [-0.39, 0.29) is 17.1 Å². The number of halogens is 4. The molecule has 1 aliphatic heterocycles. The second-order valence-electron chi connectivity index (χ2n) is 7.32. The summed E-state index contributed by atoms with van der Waals surface area (Å²) in [6, 6.07) is 0.866. The van der Waals surface area contributed by atoms with Crippen LogP contribution in [0.2, 0.25) is 0 Å². The SMILES string of the molecule is CC.CNC1CCC1.FCF.NC(=O)c1c(C2=CC(Cl)=C(F)C=CC2)nn2c1CN(C=O)CC2. The Hall–Kier alpha value is -2.59. The average Bonchev–Trinajstić information content (AvgIpc) is 3.10. The highest BCUT2D eigenvalue weighted by atomic mass is 35.5. The number of nitrogens with zero attached hydrogens (tertiary/aromatic N) is 3. The number of carbonyl (C=O) groups excluding carboxylic acids is 2. The highest BCUT2D eigenvalue weighted by molar-refractivity contribution is 6.32. The summed E-state index contributed by atoms with van der Waals surface area (Å²) in [6.07, 6.45) is 9.67. The Bertz CT molecular complexity index is 908. The molecule has 4 rings (SSSR count). The number of carbonyl (C=O) groups is 2. The van der Waals surface area contributed by atoms with Crippen molar-refractivity contribution in [2.75, 3.05) is 20.5 Å². The zero-order chi connectivity index (χ0) is 25.7. The van der Waals surface area contributed by atoms with Crippen molar-refractivity contribution in [3.63, 3.8) is 0 Å². The number of rotatable bonds is 4. The lowest BCUT2D eigenvalue weighted by atomic mass is 9.94. The van der Waals surface area contributed by atoms with Crippen LogP contribution in [0.3, 0.4) is 0 Å². The third kappa shape index (κ3) is 8.02. The predicted molar refractivity (Wildman–Crippen MR) is 128 cm³/mol. The van der Waals surface area contributed by atoms with Crippen LogP contribution >= 0.6 is 11.6 Å². The molecule has 11 heteroatoms. The maximum atomic E-state index is 13.6. The van der Waals surface area contributed by atoms with E-state index in [0.717, 1.165) is 12.5 Å². The van der Waals surface area contributed by atoms with Gasteiger partial charge in [-0.25, -0.2) is 13.2 Å². The van der Waals surface area contributed by atoms with Crippen molar-refractivity contribution in [2.45, 2.75) is 58.7 Å². The molecule has 2 heterocycles. The Labute approximate surface area is 203 Å². The van der Waals surface area contributed by atoms with Gasteiger partial charge >= 0.3 is 0 Å². The first kappa shape index (κ1) is 29.4. The molecule has 2 aliphatic carbocycles. The molecule has 0 bridgehead atoms. The van der Waals surface area contributed by atoms with Crippen molar-refractivity contribution in [3.8, 4) is 0 Å². The van der Waals surface area contributed by atoms with E-state index >= 15 is 0 Å². The summed E-state index contributed by atoms with van der Waals surface area (Å²) in [5.74, 6) is -1.18. The fourth-order valence-corrected chi connectivity index (χ4v) is 3.62. The van der Waals surface area contributed by atoms with Gasteiger partial charge in [0.25, 0.3) is 5.91 Å². The van der Waals surface area contributed by atoms with Gasteiger partial charge in [-0.1, -0.05) is 37.9 Å². The Morgan fingerprint density at radius 3 is 2.44 bits per heavy atom. The standard InChI is InChI=1S/C15H14ClFN4O2.C5H11N.C2H6.CH2F2/c16-10-6-9(2-1-3-11(10)17)14-13(15(18)23)12-7-20(8-22)4-5-21(12)19-14;1-6-5-3-2-4-5;1-2;2-1-3/h1,3,6,8H,2,4-5,7H2,(H2,18,23);5-6H,2-4H2,1H3;1-2H3;1H2. The first-order valence-corrected chi connectivity index (χ1v) is 11.5. The minimum Gasteiger partial charge on any atom is -0.365 e. The van der Waals surface area contributed by atoms with Crippen LogP contribution < -0.4 is 11.1 Å². The van der Waals surface area contributed by atoms with E-state index < -0.39 is 18.7 Å². The van der Waals surface area contributed by atoms with Gasteiger partial charge < -0.3 is 16.0 Å². The van der Waals surface area contributed by atoms with Crippen molar-refractivity contribution in [3.05, 3.63) is 46.0 Å². The molecule has 1 aromatic rings. The third-order valence-electron chi connectivity index (χ3n) is 5.35. The first-order chi connectivity index (χ1) is 16.4. The molecule has 1 saturated carbocycles. The minimum absolute atomic E-state index is 0.0512. The zero-order valence-corrected chi connectivity index (χ0v) is 20.5. The van der Waals surface area contributed by atoms with E-state index in [1.807, 2.05) is 20.9 Å². The maximum Gasteiger partial charge on any atom is 0.252 e. The molecule has 1 aromatic heterocycles. The summed E-state index contributed by atoms with van der Waals surface area (Å²) < 4.78 is 34.5. The second kappa shape index (κ2) is 15.3. The molecule has 0 aromatic carbocycles. The number of primary amides is 1. The second-order valence-corrected chi connectivity index (χ2v) is 7.73. The Morgan fingerprint density at radius 2 is 1.97 bits per heavy atom. The highest BCUT2D eigenvalue weighted by Gasteiger charge is 2.28. The molecular weight excluding hydrogens is 471 g/mol. The molecule has 3 N–H and O–H groups in total. The number of aromatic nitrogens is 2. The van der Waals surface area contributed by atoms with Gasteiger partial charge in [-0.2, -0.15) is 5.10 Å². The van der Waals surface area contributed by atoms with Crippen LogP contribution in [0.4, 0.5) is 13.2 Å². The molecule has 7 nitrogen and oxygen atoms in total. The molecule has 2 amide bonds. The van der Waals surface area contributed by atoms with Gasteiger partial charge in [0.05, 0.1) is 29.4 Å². The van der Waals surface area contributed by atoms with Crippen molar-refractivity contribution in [1.29, 1.82) is 0 Å². The van der Waals surface area contributed by atoms with E-state index in [0.29, 0.717) is 36.5 Å². The normalized spacial score (nSPS) is 16.8. The van der Waals surface area contributed by atoms with Gasteiger partial charge in [0.15, 0.2) is 0 Å². The maximum absolute atomic E-state index is 13.6. The Morgan fingerprint density at radius 1 is 1.32 bits per heavy atom. The predicted octanol–water partition coefficient (Wildman–Crippen LogP) is 4.38. The lowest BCUT2D eigenvalue weighted by Crippen LogP contribution is -2.34. The number of hydrogen-bond acceptors (Lipinski definition) is 4. The summed E-state index contributed by atoms with van der Waals surface area (Å²) in [4.78, 5) is 24.4. The van der Waals surface area contributed by atoms with Gasteiger partial charge in [0, 0.05) is 12.6 Å². The van der Waals surface area contributed by atoms with Gasteiger partial charge in [-0.05, 0) is 44.0 Å². The molecule has 34 heavy (non-hydrogen) atoms. The molecule has 0 spiro atoms. The van der Waals surface area contributed by atoms with Crippen LogP contribution in [0.15, 0.2) is 29.1 Å². The lowest BCUT2D eigenvalue weighted by molar-refractivity contribution is -0.119. The zero-order valence-electron chi connectivity index (χ0n) is 19.8. The van der Waals surface area contributed by atoms with E-state index in [1.165, 1.54) is 31.4 Å². The number of alkyl halides is 2. The molecule has 0 unspecified atom stereocenters. The summed E-state index contributed by atoms with van der Waals surface area (Å²) in [6.45, 7) is 3.48. The van der Waals surface area contributed by atoms with Crippen molar-refractivity contribution in [1.82, 2.24) is 20.0 Å². The number of nitrogens with one attached hydrogen (secondary N) is 1. The summed E-state index contributed by atoms with van der Waals surface area (Å²) in [5, 5.41) is 7.58. The van der Waals surface area contributed by atoms with E-state index in [9.17, 15) is 22.8 Å². The smallest absolute Gasteiger partial charge is 0.252 e. The number of hydrogen-bond donors (Lipinski definition) is 2. The lowest BCUT2D eigenvalue weighted by Gasteiger charge is -2.24. The van der Waals surface area contributed by atoms with E-state index in [4.69, 9.17) is 17.3 Å².